The third-order valence-corrected chi connectivity index (χ3v) is 3.31. The number of ether oxygens (including phenoxy) is 1. The Balaban J connectivity index is 4.39. The average molecular weight is 243 g/mol. The predicted octanol–water partition coefficient (Wildman–Crippen LogP) is 3.99. The van der Waals surface area contributed by atoms with Crippen LogP contribution in [0.3, 0.4) is 0 Å². The first-order chi connectivity index (χ1) is 7.62. The topological polar surface area (TPSA) is 21.3 Å². The van der Waals surface area contributed by atoms with Crippen LogP contribution in [0.15, 0.2) is 0 Å². The fraction of sp³-hybridized carbons (Fsp3) is 1.00. The summed E-state index contributed by atoms with van der Waals surface area (Å²) in [4.78, 5) is 0. The molecule has 2 atom stereocenters. The molecule has 1 N–H and O–H groups in total. The van der Waals surface area contributed by atoms with Gasteiger partial charge in [-0.05, 0) is 53.0 Å². The molecule has 0 saturated heterocycles. The van der Waals surface area contributed by atoms with Gasteiger partial charge in [0.25, 0.3) is 0 Å². The molecule has 0 aromatic rings. The second kappa shape index (κ2) is 6.75. The van der Waals surface area contributed by atoms with E-state index in [-0.39, 0.29) is 5.60 Å². The van der Waals surface area contributed by atoms with Crippen molar-refractivity contribution in [2.24, 2.45) is 5.41 Å². The van der Waals surface area contributed by atoms with E-state index in [1.165, 1.54) is 12.8 Å². The van der Waals surface area contributed by atoms with Crippen LogP contribution in [-0.2, 0) is 4.74 Å². The molecule has 0 radical (unpaired) electrons. The maximum Gasteiger partial charge on any atom is 0.0602 e. The minimum absolute atomic E-state index is 0.0490. The normalized spacial score (nSPS) is 16.9. The van der Waals surface area contributed by atoms with E-state index < -0.39 is 0 Å². The van der Waals surface area contributed by atoms with Gasteiger partial charge in [0.15, 0.2) is 0 Å². The predicted molar refractivity (Wildman–Crippen MR) is 76.5 cm³/mol. The monoisotopic (exact) mass is 243 g/mol. The zero-order chi connectivity index (χ0) is 13.7. The van der Waals surface area contributed by atoms with E-state index >= 15 is 0 Å². The first kappa shape index (κ1) is 16.9. The lowest BCUT2D eigenvalue weighted by atomic mass is 9.78. The van der Waals surface area contributed by atoms with Crippen LogP contribution >= 0.6 is 0 Å². The van der Waals surface area contributed by atoms with Gasteiger partial charge in [0.2, 0.25) is 0 Å². The van der Waals surface area contributed by atoms with Gasteiger partial charge in [-0.15, -0.1) is 0 Å². The van der Waals surface area contributed by atoms with Crippen molar-refractivity contribution in [3.63, 3.8) is 0 Å². The van der Waals surface area contributed by atoms with Gasteiger partial charge in [-0.1, -0.05) is 27.2 Å². The second-order valence-electron chi connectivity index (χ2n) is 6.86. The molecule has 17 heavy (non-hydrogen) atoms. The highest BCUT2D eigenvalue weighted by atomic mass is 16.5. The minimum Gasteiger partial charge on any atom is -0.373 e. The van der Waals surface area contributed by atoms with Crippen molar-refractivity contribution >= 4 is 0 Å². The standard InChI is InChI=1S/C15H33NO/c1-9-10-15(6,7)13(16-8)11-12(2)17-14(3,4)5/h12-13,16H,9-11H2,1-8H3. The largest absolute Gasteiger partial charge is 0.373 e. The van der Waals surface area contributed by atoms with E-state index in [4.69, 9.17) is 4.74 Å². The van der Waals surface area contributed by atoms with E-state index in [0.29, 0.717) is 17.6 Å². The van der Waals surface area contributed by atoms with Crippen molar-refractivity contribution in [3.05, 3.63) is 0 Å². The molecule has 0 aromatic heterocycles. The number of hydrogen-bond acceptors (Lipinski definition) is 2. The van der Waals surface area contributed by atoms with E-state index in [1.807, 2.05) is 0 Å². The molecule has 0 spiro atoms. The number of rotatable bonds is 7. The lowest BCUT2D eigenvalue weighted by Gasteiger charge is -2.37. The SMILES string of the molecule is CCCC(C)(C)C(CC(C)OC(C)(C)C)NC. The number of hydrogen-bond donors (Lipinski definition) is 1. The molecule has 0 fully saturated rings. The Morgan fingerprint density at radius 1 is 1.12 bits per heavy atom. The van der Waals surface area contributed by atoms with Crippen LogP contribution in [0.1, 0.15) is 67.7 Å². The molecule has 104 valence electrons. The van der Waals surface area contributed by atoms with Gasteiger partial charge in [-0.25, -0.2) is 0 Å². The van der Waals surface area contributed by atoms with Crippen molar-refractivity contribution in [1.82, 2.24) is 5.32 Å². The van der Waals surface area contributed by atoms with Crippen LogP contribution < -0.4 is 5.32 Å². The maximum absolute atomic E-state index is 6.00. The third-order valence-electron chi connectivity index (χ3n) is 3.31. The molecule has 0 saturated carbocycles. The summed E-state index contributed by atoms with van der Waals surface area (Å²) < 4.78 is 6.00. The first-order valence-electron chi connectivity index (χ1n) is 6.97. The van der Waals surface area contributed by atoms with Gasteiger partial charge in [0, 0.05) is 6.04 Å². The molecule has 2 nitrogen and oxygen atoms in total. The van der Waals surface area contributed by atoms with Crippen LogP contribution in [0.2, 0.25) is 0 Å². The summed E-state index contributed by atoms with van der Waals surface area (Å²) in [6.45, 7) is 15.5. The molecule has 2 heteroatoms. The van der Waals surface area contributed by atoms with Gasteiger partial charge in [-0.3, -0.25) is 0 Å². The highest BCUT2D eigenvalue weighted by Gasteiger charge is 2.29. The van der Waals surface area contributed by atoms with Crippen molar-refractivity contribution in [3.8, 4) is 0 Å². The van der Waals surface area contributed by atoms with Crippen molar-refractivity contribution in [1.29, 1.82) is 0 Å². The fourth-order valence-electron chi connectivity index (χ4n) is 2.63. The summed E-state index contributed by atoms with van der Waals surface area (Å²) >= 11 is 0. The second-order valence-corrected chi connectivity index (χ2v) is 6.86. The van der Waals surface area contributed by atoms with Gasteiger partial charge < -0.3 is 10.1 Å². The van der Waals surface area contributed by atoms with Gasteiger partial charge >= 0.3 is 0 Å². The summed E-state index contributed by atoms with van der Waals surface area (Å²) in [7, 11) is 2.06. The molecular weight excluding hydrogens is 210 g/mol. The highest BCUT2D eigenvalue weighted by molar-refractivity contribution is 4.85. The molecular formula is C15H33NO. The zero-order valence-corrected chi connectivity index (χ0v) is 13.2. The minimum atomic E-state index is -0.0490. The lowest BCUT2D eigenvalue weighted by Crippen LogP contribution is -2.43. The Morgan fingerprint density at radius 2 is 1.65 bits per heavy atom. The van der Waals surface area contributed by atoms with Crippen LogP contribution in [0.25, 0.3) is 0 Å². The third kappa shape index (κ3) is 7.05. The Kier molecular flexibility index (Phi) is 6.71. The van der Waals surface area contributed by atoms with Crippen molar-refractivity contribution in [2.75, 3.05) is 7.05 Å². The maximum atomic E-state index is 6.00. The highest BCUT2D eigenvalue weighted by Crippen LogP contribution is 2.30. The molecule has 0 rings (SSSR count). The summed E-state index contributed by atoms with van der Waals surface area (Å²) in [6, 6.07) is 0.514. The van der Waals surface area contributed by atoms with E-state index in [1.54, 1.807) is 0 Å². The fourth-order valence-corrected chi connectivity index (χ4v) is 2.63. The zero-order valence-electron chi connectivity index (χ0n) is 13.2. The summed E-state index contributed by atoms with van der Waals surface area (Å²) in [5.41, 5.74) is 0.283. The molecule has 2 unspecified atom stereocenters. The van der Waals surface area contributed by atoms with Gasteiger partial charge in [0.1, 0.15) is 0 Å². The molecule has 0 amide bonds. The summed E-state index contributed by atoms with van der Waals surface area (Å²) in [5, 5.41) is 3.46. The Hall–Kier alpha value is -0.0800. The van der Waals surface area contributed by atoms with Crippen molar-refractivity contribution in [2.45, 2.75) is 85.5 Å². The van der Waals surface area contributed by atoms with Crippen LogP contribution in [0.4, 0.5) is 0 Å². The summed E-state index contributed by atoms with van der Waals surface area (Å²) in [5.74, 6) is 0. The first-order valence-corrected chi connectivity index (χ1v) is 6.97. The Labute approximate surface area is 109 Å². The van der Waals surface area contributed by atoms with Crippen molar-refractivity contribution < 1.29 is 4.74 Å². The van der Waals surface area contributed by atoms with E-state index in [9.17, 15) is 0 Å². The molecule has 0 aliphatic heterocycles. The average Bonchev–Trinajstić information content (AvgIpc) is 2.10. The molecule has 0 aliphatic rings. The Morgan fingerprint density at radius 3 is 2.00 bits per heavy atom. The molecule has 0 bridgehead atoms. The van der Waals surface area contributed by atoms with Crippen LogP contribution in [0, 0.1) is 5.41 Å². The quantitative estimate of drug-likeness (QED) is 0.730. The smallest absolute Gasteiger partial charge is 0.0602 e. The lowest BCUT2D eigenvalue weighted by molar-refractivity contribution is -0.0624. The molecule has 0 heterocycles. The molecule has 0 aliphatic carbocycles. The van der Waals surface area contributed by atoms with Crippen LogP contribution in [0.5, 0.6) is 0 Å². The summed E-state index contributed by atoms with van der Waals surface area (Å²) in [6.07, 6.45) is 3.85. The molecule has 0 aromatic carbocycles. The van der Waals surface area contributed by atoms with E-state index in [2.05, 4.69) is 60.8 Å². The number of nitrogens with one attached hydrogen (secondary N) is 1. The van der Waals surface area contributed by atoms with Gasteiger partial charge in [-0.2, -0.15) is 0 Å². The van der Waals surface area contributed by atoms with Gasteiger partial charge in [0.05, 0.1) is 11.7 Å². The van der Waals surface area contributed by atoms with Crippen LogP contribution in [-0.4, -0.2) is 24.8 Å². The van der Waals surface area contributed by atoms with E-state index in [0.717, 1.165) is 6.42 Å². The Bertz CT molecular complexity index is 205.